The fraction of sp³-hybridized carbons (Fsp3) is 0.222. The summed E-state index contributed by atoms with van der Waals surface area (Å²) in [4.78, 5) is 16.4. The van der Waals surface area contributed by atoms with Crippen molar-refractivity contribution in [1.29, 1.82) is 0 Å². The molecule has 3 rings (SSSR count). The van der Waals surface area contributed by atoms with Gasteiger partial charge in [-0.3, -0.25) is 4.79 Å². The molecule has 2 aromatic carbocycles. The molecule has 0 atom stereocenters. The second-order valence-electron chi connectivity index (χ2n) is 5.22. The number of aliphatic hydroxyl groups excluding tert-OH is 1. The zero-order chi connectivity index (χ0) is 16.1. The standard InChI is InChI=1S/C18H18N2O3/c21-13-17-19-15-8-4-5-9-16(15)20(17)12-18(22)23-11-10-14-6-2-1-3-7-14/h1-9,21H,10-13H2. The first-order valence-corrected chi connectivity index (χ1v) is 7.52. The number of aliphatic hydroxyl groups is 1. The first-order chi connectivity index (χ1) is 11.3. The van der Waals surface area contributed by atoms with Crippen LogP contribution in [0, 0.1) is 0 Å². The summed E-state index contributed by atoms with van der Waals surface area (Å²) in [6, 6.07) is 17.4. The van der Waals surface area contributed by atoms with Crippen LogP contribution in [0.2, 0.25) is 0 Å². The quantitative estimate of drug-likeness (QED) is 0.710. The number of hydrogen-bond donors (Lipinski definition) is 1. The molecule has 0 aliphatic heterocycles. The van der Waals surface area contributed by atoms with Crippen molar-refractivity contribution in [3.05, 3.63) is 66.0 Å². The molecular formula is C18H18N2O3. The van der Waals surface area contributed by atoms with Gasteiger partial charge in [-0.15, -0.1) is 0 Å². The van der Waals surface area contributed by atoms with Gasteiger partial charge in [0, 0.05) is 6.42 Å². The maximum absolute atomic E-state index is 12.1. The molecule has 1 heterocycles. The summed E-state index contributed by atoms with van der Waals surface area (Å²) in [7, 11) is 0. The van der Waals surface area contributed by atoms with Gasteiger partial charge in [-0.2, -0.15) is 0 Å². The van der Waals surface area contributed by atoms with Gasteiger partial charge < -0.3 is 14.4 Å². The summed E-state index contributed by atoms with van der Waals surface area (Å²) in [6.07, 6.45) is 0.685. The van der Waals surface area contributed by atoms with Gasteiger partial charge in [0.1, 0.15) is 19.0 Å². The van der Waals surface area contributed by atoms with E-state index in [1.807, 2.05) is 54.6 Å². The van der Waals surface area contributed by atoms with Crippen LogP contribution in [0.15, 0.2) is 54.6 Å². The molecule has 118 valence electrons. The van der Waals surface area contributed by atoms with E-state index in [1.165, 1.54) is 0 Å². The Labute approximate surface area is 134 Å². The lowest BCUT2D eigenvalue weighted by Crippen LogP contribution is -2.17. The van der Waals surface area contributed by atoms with Crippen molar-refractivity contribution >= 4 is 17.0 Å². The maximum Gasteiger partial charge on any atom is 0.326 e. The minimum atomic E-state index is -0.334. The van der Waals surface area contributed by atoms with Crippen LogP contribution in [0.3, 0.4) is 0 Å². The number of imidazole rings is 1. The molecular weight excluding hydrogens is 292 g/mol. The van der Waals surface area contributed by atoms with Crippen molar-refractivity contribution in [3.63, 3.8) is 0 Å². The monoisotopic (exact) mass is 310 g/mol. The lowest BCUT2D eigenvalue weighted by Gasteiger charge is -2.08. The number of fused-ring (bicyclic) bond motifs is 1. The molecule has 0 amide bonds. The maximum atomic E-state index is 12.1. The number of carbonyl (C=O) groups excluding carboxylic acids is 1. The third-order valence-corrected chi connectivity index (χ3v) is 3.66. The van der Waals surface area contributed by atoms with Gasteiger partial charge in [-0.25, -0.2) is 4.98 Å². The van der Waals surface area contributed by atoms with Gasteiger partial charge in [-0.05, 0) is 17.7 Å². The zero-order valence-electron chi connectivity index (χ0n) is 12.7. The number of ether oxygens (including phenoxy) is 1. The highest BCUT2D eigenvalue weighted by Gasteiger charge is 2.13. The van der Waals surface area contributed by atoms with Crippen LogP contribution in [0.4, 0.5) is 0 Å². The molecule has 0 aliphatic rings. The summed E-state index contributed by atoms with van der Waals surface area (Å²) in [5.41, 5.74) is 2.70. The molecule has 23 heavy (non-hydrogen) atoms. The lowest BCUT2D eigenvalue weighted by atomic mass is 10.2. The Morgan fingerprint density at radius 2 is 1.83 bits per heavy atom. The molecule has 0 aliphatic carbocycles. The summed E-state index contributed by atoms with van der Waals surface area (Å²) < 4.78 is 6.99. The number of nitrogens with zero attached hydrogens (tertiary/aromatic N) is 2. The number of para-hydroxylation sites is 2. The van der Waals surface area contributed by atoms with E-state index in [4.69, 9.17) is 4.74 Å². The summed E-state index contributed by atoms with van der Waals surface area (Å²) in [6.45, 7) is 0.168. The summed E-state index contributed by atoms with van der Waals surface area (Å²) in [5.74, 6) is 0.130. The first kappa shape index (κ1) is 15.2. The molecule has 1 N–H and O–H groups in total. The molecule has 0 unspecified atom stereocenters. The van der Waals surface area contributed by atoms with Crippen molar-refractivity contribution in [1.82, 2.24) is 9.55 Å². The van der Waals surface area contributed by atoms with Gasteiger partial charge >= 0.3 is 5.97 Å². The molecule has 1 aromatic heterocycles. The van der Waals surface area contributed by atoms with Crippen molar-refractivity contribution in [2.75, 3.05) is 6.61 Å². The fourth-order valence-electron chi connectivity index (χ4n) is 2.52. The Morgan fingerprint density at radius 3 is 2.61 bits per heavy atom. The van der Waals surface area contributed by atoms with Gasteiger partial charge in [0.2, 0.25) is 0 Å². The van der Waals surface area contributed by atoms with Crippen LogP contribution < -0.4 is 0 Å². The molecule has 0 spiro atoms. The number of benzene rings is 2. The number of rotatable bonds is 6. The Kier molecular flexibility index (Phi) is 4.68. The second-order valence-corrected chi connectivity index (χ2v) is 5.22. The van der Waals surface area contributed by atoms with Gasteiger partial charge in [0.05, 0.1) is 17.6 Å². The smallest absolute Gasteiger partial charge is 0.326 e. The second kappa shape index (κ2) is 7.07. The molecule has 0 bridgehead atoms. The third kappa shape index (κ3) is 3.57. The highest BCUT2D eigenvalue weighted by atomic mass is 16.5. The van der Waals surface area contributed by atoms with Crippen LogP contribution in [-0.4, -0.2) is 27.2 Å². The van der Waals surface area contributed by atoms with Crippen molar-refractivity contribution < 1.29 is 14.6 Å². The van der Waals surface area contributed by atoms with E-state index < -0.39 is 0 Å². The van der Waals surface area contributed by atoms with E-state index in [0.717, 1.165) is 16.6 Å². The van der Waals surface area contributed by atoms with E-state index >= 15 is 0 Å². The molecule has 5 heteroatoms. The number of esters is 1. The molecule has 0 saturated heterocycles. The Hall–Kier alpha value is -2.66. The van der Waals surface area contributed by atoms with Crippen LogP contribution >= 0.6 is 0 Å². The van der Waals surface area contributed by atoms with E-state index in [1.54, 1.807) is 4.57 Å². The Morgan fingerprint density at radius 1 is 1.09 bits per heavy atom. The van der Waals surface area contributed by atoms with Gasteiger partial charge in [-0.1, -0.05) is 42.5 Å². The number of aromatic nitrogens is 2. The van der Waals surface area contributed by atoms with Crippen molar-refractivity contribution in [3.8, 4) is 0 Å². The van der Waals surface area contributed by atoms with E-state index in [-0.39, 0.29) is 19.1 Å². The molecule has 0 saturated carbocycles. The van der Waals surface area contributed by atoms with E-state index in [0.29, 0.717) is 18.9 Å². The predicted octanol–water partition coefficient (Wildman–Crippen LogP) is 2.31. The average Bonchev–Trinajstić information content (AvgIpc) is 2.94. The SMILES string of the molecule is O=C(Cn1c(CO)nc2ccccc21)OCCc1ccccc1. The minimum Gasteiger partial charge on any atom is -0.464 e. The van der Waals surface area contributed by atoms with Gasteiger partial charge in [0.15, 0.2) is 0 Å². The lowest BCUT2D eigenvalue weighted by molar-refractivity contribution is -0.144. The molecule has 0 radical (unpaired) electrons. The summed E-state index contributed by atoms with van der Waals surface area (Å²) in [5, 5.41) is 9.42. The van der Waals surface area contributed by atoms with Crippen molar-refractivity contribution in [2.45, 2.75) is 19.6 Å². The molecule has 0 fully saturated rings. The fourth-order valence-corrected chi connectivity index (χ4v) is 2.52. The number of hydrogen-bond acceptors (Lipinski definition) is 4. The van der Waals surface area contributed by atoms with Crippen LogP contribution in [-0.2, 0) is 29.1 Å². The summed E-state index contributed by atoms with van der Waals surface area (Å²) >= 11 is 0. The van der Waals surface area contributed by atoms with Crippen LogP contribution in [0.25, 0.3) is 11.0 Å². The van der Waals surface area contributed by atoms with Crippen LogP contribution in [0.5, 0.6) is 0 Å². The van der Waals surface area contributed by atoms with E-state index in [9.17, 15) is 9.90 Å². The normalized spacial score (nSPS) is 10.8. The number of carbonyl (C=O) groups is 1. The largest absolute Gasteiger partial charge is 0.464 e. The van der Waals surface area contributed by atoms with E-state index in [2.05, 4.69) is 4.98 Å². The highest BCUT2D eigenvalue weighted by molar-refractivity contribution is 5.78. The third-order valence-electron chi connectivity index (χ3n) is 3.66. The van der Waals surface area contributed by atoms with Crippen LogP contribution in [0.1, 0.15) is 11.4 Å². The molecule has 3 aromatic rings. The average molecular weight is 310 g/mol. The topological polar surface area (TPSA) is 64.4 Å². The predicted molar refractivity (Wildman–Crippen MR) is 86.8 cm³/mol. The first-order valence-electron chi connectivity index (χ1n) is 7.52. The zero-order valence-corrected chi connectivity index (χ0v) is 12.7. The Balaban J connectivity index is 1.64. The highest BCUT2D eigenvalue weighted by Crippen LogP contribution is 2.16. The van der Waals surface area contributed by atoms with Crippen molar-refractivity contribution in [2.24, 2.45) is 0 Å². The van der Waals surface area contributed by atoms with Gasteiger partial charge in [0.25, 0.3) is 0 Å². The Bertz CT molecular complexity index is 796. The minimum absolute atomic E-state index is 0.0468. The molecule has 5 nitrogen and oxygen atoms in total.